The highest BCUT2D eigenvalue weighted by Gasteiger charge is 2.11. The van der Waals surface area contributed by atoms with Crippen molar-refractivity contribution < 1.29 is 4.79 Å². The molecule has 0 spiro atoms. The Labute approximate surface area is 137 Å². The van der Waals surface area contributed by atoms with E-state index in [0.29, 0.717) is 15.9 Å². The van der Waals surface area contributed by atoms with E-state index < -0.39 is 0 Å². The summed E-state index contributed by atoms with van der Waals surface area (Å²) in [5, 5.41) is 8.19. The topological polar surface area (TPSA) is 46.9 Å². The molecule has 1 amide bonds. The van der Waals surface area contributed by atoms with Crippen LogP contribution in [0.2, 0.25) is 10.0 Å². The molecule has 1 aromatic carbocycles. The van der Waals surface area contributed by atoms with Gasteiger partial charge in [-0.1, -0.05) is 23.2 Å². The third-order valence-electron chi connectivity index (χ3n) is 2.68. The first-order chi connectivity index (χ1) is 9.97. The van der Waals surface area contributed by atoms with Crippen molar-refractivity contribution in [3.63, 3.8) is 0 Å². The smallest absolute Gasteiger partial charge is 0.235 e. The number of halogens is 2. The Kier molecular flexibility index (Phi) is 5.56. The summed E-state index contributed by atoms with van der Waals surface area (Å²) in [6, 6.07) is 7.15. The largest absolute Gasteiger partial charge is 0.310 e. The van der Waals surface area contributed by atoms with Crippen molar-refractivity contribution in [2.45, 2.75) is 24.8 Å². The van der Waals surface area contributed by atoms with Crippen molar-refractivity contribution in [2.75, 3.05) is 11.1 Å². The number of anilines is 1. The fourth-order valence-electron chi connectivity index (χ4n) is 1.73. The van der Waals surface area contributed by atoms with Gasteiger partial charge in [-0.2, -0.15) is 5.10 Å². The average Bonchev–Trinajstić information content (AvgIpc) is 2.88. The third kappa shape index (κ3) is 4.40. The molecule has 0 fully saturated rings. The summed E-state index contributed by atoms with van der Waals surface area (Å²) >= 11 is 13.3. The molecule has 0 aliphatic rings. The lowest BCUT2D eigenvalue weighted by Gasteiger charge is -2.11. The summed E-state index contributed by atoms with van der Waals surface area (Å²) in [5.74, 6) is 0.829. The highest BCUT2D eigenvalue weighted by molar-refractivity contribution is 8.00. The van der Waals surface area contributed by atoms with Crippen LogP contribution in [-0.2, 0) is 4.79 Å². The van der Waals surface area contributed by atoms with Gasteiger partial charge >= 0.3 is 0 Å². The second-order valence-electron chi connectivity index (χ2n) is 4.67. The molecule has 0 atom stereocenters. The van der Waals surface area contributed by atoms with Gasteiger partial charge in [-0.05, 0) is 32.0 Å². The number of aromatic nitrogens is 2. The van der Waals surface area contributed by atoms with Crippen LogP contribution in [0.4, 0.5) is 5.82 Å². The number of nitrogens with one attached hydrogen (secondary N) is 1. The molecule has 0 saturated carbocycles. The first-order valence-corrected chi connectivity index (χ1v) is 8.12. The van der Waals surface area contributed by atoms with Crippen LogP contribution in [-0.4, -0.2) is 21.4 Å². The van der Waals surface area contributed by atoms with E-state index in [9.17, 15) is 4.79 Å². The van der Waals surface area contributed by atoms with Crippen LogP contribution in [0.3, 0.4) is 0 Å². The molecular formula is C14H15Cl2N3OS. The lowest BCUT2D eigenvalue weighted by Crippen LogP contribution is -2.18. The summed E-state index contributed by atoms with van der Waals surface area (Å²) < 4.78 is 1.76. The van der Waals surface area contributed by atoms with Gasteiger partial charge in [0.15, 0.2) is 0 Å². The molecule has 0 bridgehead atoms. The minimum absolute atomic E-state index is 0.113. The van der Waals surface area contributed by atoms with Crippen LogP contribution < -0.4 is 5.32 Å². The zero-order chi connectivity index (χ0) is 15.4. The Balaban J connectivity index is 1.96. The lowest BCUT2D eigenvalue weighted by molar-refractivity contribution is -0.113. The van der Waals surface area contributed by atoms with Crippen molar-refractivity contribution >= 4 is 46.7 Å². The predicted octanol–water partition coefficient (Wildman–Crippen LogP) is 4.50. The van der Waals surface area contributed by atoms with Gasteiger partial charge in [0.1, 0.15) is 5.82 Å². The van der Waals surface area contributed by atoms with Gasteiger partial charge in [-0.3, -0.25) is 4.79 Å². The molecule has 1 heterocycles. The highest BCUT2D eigenvalue weighted by atomic mass is 35.5. The second kappa shape index (κ2) is 7.20. The van der Waals surface area contributed by atoms with Crippen LogP contribution in [0, 0.1) is 0 Å². The Hall–Kier alpha value is -1.17. The molecule has 0 aliphatic carbocycles. The van der Waals surface area contributed by atoms with Gasteiger partial charge in [-0.25, -0.2) is 4.68 Å². The maximum Gasteiger partial charge on any atom is 0.235 e. The van der Waals surface area contributed by atoms with Gasteiger partial charge in [0, 0.05) is 22.0 Å². The molecule has 7 heteroatoms. The lowest BCUT2D eigenvalue weighted by atomic mass is 10.4. The number of benzene rings is 1. The average molecular weight is 344 g/mol. The van der Waals surface area contributed by atoms with Crippen molar-refractivity contribution in [2.24, 2.45) is 0 Å². The summed E-state index contributed by atoms with van der Waals surface area (Å²) in [6.45, 7) is 4.01. The number of nitrogens with zero attached hydrogens (tertiary/aromatic N) is 2. The van der Waals surface area contributed by atoms with Crippen molar-refractivity contribution in [3.8, 4) is 0 Å². The molecule has 4 nitrogen and oxygen atoms in total. The van der Waals surface area contributed by atoms with Crippen molar-refractivity contribution in [3.05, 3.63) is 40.5 Å². The maximum atomic E-state index is 12.0. The Morgan fingerprint density at radius 3 is 2.86 bits per heavy atom. The first-order valence-electron chi connectivity index (χ1n) is 6.38. The third-order valence-corrected chi connectivity index (χ3v) is 4.41. The molecule has 1 N–H and O–H groups in total. The van der Waals surface area contributed by atoms with Gasteiger partial charge in [-0.15, -0.1) is 11.8 Å². The zero-order valence-corrected chi connectivity index (χ0v) is 14.0. The van der Waals surface area contributed by atoms with Crippen LogP contribution in [0.1, 0.15) is 19.9 Å². The van der Waals surface area contributed by atoms with E-state index >= 15 is 0 Å². The number of carbonyl (C=O) groups is 1. The maximum absolute atomic E-state index is 12.0. The van der Waals surface area contributed by atoms with E-state index in [2.05, 4.69) is 10.4 Å². The number of hydrogen-bond donors (Lipinski definition) is 1. The molecule has 0 saturated heterocycles. The van der Waals surface area contributed by atoms with E-state index in [1.54, 1.807) is 35.1 Å². The monoisotopic (exact) mass is 343 g/mol. The Morgan fingerprint density at radius 1 is 1.38 bits per heavy atom. The fourth-order valence-corrected chi connectivity index (χ4v) is 3.03. The Bertz CT molecular complexity index is 643. The highest BCUT2D eigenvalue weighted by Crippen LogP contribution is 2.29. The van der Waals surface area contributed by atoms with Crippen molar-refractivity contribution in [1.82, 2.24) is 9.78 Å². The summed E-state index contributed by atoms with van der Waals surface area (Å²) in [5.41, 5.74) is 0. The van der Waals surface area contributed by atoms with E-state index in [0.717, 1.165) is 4.90 Å². The number of thioether (sulfide) groups is 1. The number of hydrogen-bond acceptors (Lipinski definition) is 3. The van der Waals surface area contributed by atoms with Crippen LogP contribution in [0.5, 0.6) is 0 Å². The van der Waals surface area contributed by atoms with Gasteiger partial charge < -0.3 is 5.32 Å². The molecule has 21 heavy (non-hydrogen) atoms. The van der Waals surface area contributed by atoms with Gasteiger partial charge in [0.25, 0.3) is 0 Å². The molecule has 0 aliphatic heterocycles. The van der Waals surface area contributed by atoms with Crippen molar-refractivity contribution in [1.29, 1.82) is 0 Å². The standard InChI is InChI=1S/C14H15Cl2N3OS/c1-9(2)19-13(5-6-17-19)18-14(20)8-21-12-7-10(15)3-4-11(12)16/h3-7,9H,8H2,1-2H3,(H,18,20). The summed E-state index contributed by atoms with van der Waals surface area (Å²) in [7, 11) is 0. The number of carbonyl (C=O) groups excluding carboxylic acids is 1. The fraction of sp³-hybridized carbons (Fsp3) is 0.286. The van der Waals surface area contributed by atoms with E-state index in [-0.39, 0.29) is 17.7 Å². The normalized spacial score (nSPS) is 10.9. The predicted molar refractivity (Wildman–Crippen MR) is 88.4 cm³/mol. The van der Waals surface area contributed by atoms with Gasteiger partial charge in [0.05, 0.1) is 17.0 Å². The molecule has 0 unspecified atom stereocenters. The van der Waals surface area contributed by atoms with Gasteiger partial charge in [0.2, 0.25) is 5.91 Å². The number of amides is 1. The van der Waals surface area contributed by atoms with Crippen LogP contribution in [0.15, 0.2) is 35.4 Å². The van der Waals surface area contributed by atoms with E-state index in [1.807, 2.05) is 13.8 Å². The summed E-state index contributed by atoms with van der Waals surface area (Å²) in [6.07, 6.45) is 1.66. The summed E-state index contributed by atoms with van der Waals surface area (Å²) in [4.78, 5) is 12.8. The van der Waals surface area contributed by atoms with E-state index in [1.165, 1.54) is 11.8 Å². The molecule has 1 aromatic heterocycles. The van der Waals surface area contributed by atoms with Crippen LogP contribution in [0.25, 0.3) is 0 Å². The molecule has 0 radical (unpaired) electrons. The molecule has 112 valence electrons. The Morgan fingerprint density at radius 2 is 2.14 bits per heavy atom. The molecule has 2 aromatic rings. The molecular weight excluding hydrogens is 329 g/mol. The SMILES string of the molecule is CC(C)n1nccc1NC(=O)CSc1cc(Cl)ccc1Cl. The van der Waals surface area contributed by atoms with Crippen LogP contribution >= 0.6 is 35.0 Å². The second-order valence-corrected chi connectivity index (χ2v) is 6.53. The number of rotatable bonds is 5. The first kappa shape index (κ1) is 16.2. The molecule has 2 rings (SSSR count). The quantitative estimate of drug-likeness (QED) is 0.813. The minimum atomic E-state index is -0.113. The van der Waals surface area contributed by atoms with E-state index in [4.69, 9.17) is 23.2 Å². The minimum Gasteiger partial charge on any atom is -0.310 e. The zero-order valence-electron chi connectivity index (χ0n) is 11.6.